The third-order valence-corrected chi connectivity index (χ3v) is 2.45. The van der Waals surface area contributed by atoms with Crippen LogP contribution in [0, 0.1) is 0 Å². The molecule has 92 valence electrons. The van der Waals surface area contributed by atoms with E-state index in [-0.39, 0.29) is 5.91 Å². The Balaban J connectivity index is 1.95. The number of hydrogen-bond donors (Lipinski definition) is 2. The van der Waals surface area contributed by atoms with Gasteiger partial charge in [0.05, 0.1) is 0 Å². The van der Waals surface area contributed by atoms with Crippen molar-refractivity contribution in [1.29, 1.82) is 0 Å². The van der Waals surface area contributed by atoms with Gasteiger partial charge < -0.3 is 10.6 Å². The molecule has 0 saturated carbocycles. The predicted molar refractivity (Wildman–Crippen MR) is 69.2 cm³/mol. The van der Waals surface area contributed by atoms with Crippen molar-refractivity contribution < 1.29 is 4.79 Å². The summed E-state index contributed by atoms with van der Waals surface area (Å²) in [4.78, 5) is 11.8. The molecule has 0 aliphatic carbocycles. The van der Waals surface area contributed by atoms with Crippen molar-refractivity contribution >= 4 is 11.7 Å². The van der Waals surface area contributed by atoms with Crippen LogP contribution in [0.1, 0.15) is 16.1 Å². The number of carbonyl (C=O) groups excluding carboxylic acids is 1. The second-order valence-electron chi connectivity index (χ2n) is 3.72. The van der Waals surface area contributed by atoms with E-state index in [1.165, 1.54) is 0 Å². The second kappa shape index (κ2) is 5.77. The second-order valence-corrected chi connectivity index (χ2v) is 3.72. The van der Waals surface area contributed by atoms with Gasteiger partial charge in [-0.1, -0.05) is 30.3 Å². The number of nitrogens with one attached hydrogen (secondary N) is 2. The average molecular weight is 242 g/mol. The lowest BCUT2D eigenvalue weighted by atomic mass is 10.2. The molecule has 0 unspecified atom stereocenters. The molecule has 0 aliphatic rings. The highest BCUT2D eigenvalue weighted by molar-refractivity contribution is 5.92. The minimum Gasteiger partial charge on any atom is -0.372 e. The van der Waals surface area contributed by atoms with Crippen LogP contribution in [0.15, 0.2) is 42.5 Å². The summed E-state index contributed by atoms with van der Waals surface area (Å²) in [5.41, 5.74) is 1.36. The van der Waals surface area contributed by atoms with Gasteiger partial charge in [-0.2, -0.15) is 0 Å². The van der Waals surface area contributed by atoms with Gasteiger partial charge in [0.25, 0.3) is 5.91 Å². The zero-order valence-electron chi connectivity index (χ0n) is 10.1. The minimum absolute atomic E-state index is 0.228. The molecule has 0 fully saturated rings. The lowest BCUT2D eigenvalue weighted by molar-refractivity contribution is 0.0945. The minimum atomic E-state index is -0.228. The first-order valence-electron chi connectivity index (χ1n) is 5.63. The van der Waals surface area contributed by atoms with Gasteiger partial charge in [-0.05, 0) is 17.7 Å². The largest absolute Gasteiger partial charge is 0.372 e. The van der Waals surface area contributed by atoms with E-state index in [0.717, 1.165) is 5.56 Å². The van der Waals surface area contributed by atoms with Crippen LogP contribution in [0.25, 0.3) is 0 Å². The molecule has 2 N–H and O–H groups in total. The van der Waals surface area contributed by atoms with Crippen LogP contribution in [0.3, 0.4) is 0 Å². The molecule has 1 aromatic heterocycles. The van der Waals surface area contributed by atoms with Crippen LogP contribution >= 0.6 is 0 Å². The summed E-state index contributed by atoms with van der Waals surface area (Å²) in [5.74, 6) is 0.406. The Labute approximate surface area is 105 Å². The van der Waals surface area contributed by atoms with Crippen molar-refractivity contribution in [3.05, 3.63) is 53.7 Å². The molecule has 2 aromatic rings. The van der Waals surface area contributed by atoms with E-state index in [4.69, 9.17) is 0 Å². The first-order chi connectivity index (χ1) is 8.79. The Kier molecular flexibility index (Phi) is 3.86. The molecular formula is C13H14N4O. The van der Waals surface area contributed by atoms with E-state index in [0.29, 0.717) is 18.1 Å². The highest BCUT2D eigenvalue weighted by Crippen LogP contribution is 2.02. The monoisotopic (exact) mass is 242 g/mol. The van der Waals surface area contributed by atoms with Crippen molar-refractivity contribution in [2.75, 3.05) is 12.4 Å². The molecule has 0 spiro atoms. The maximum Gasteiger partial charge on any atom is 0.272 e. The van der Waals surface area contributed by atoms with Gasteiger partial charge >= 0.3 is 0 Å². The number of hydrogen-bond acceptors (Lipinski definition) is 4. The molecule has 0 atom stereocenters. The molecule has 0 radical (unpaired) electrons. The van der Waals surface area contributed by atoms with Gasteiger partial charge in [-0.3, -0.25) is 4.79 Å². The fourth-order valence-electron chi connectivity index (χ4n) is 1.46. The van der Waals surface area contributed by atoms with Crippen LogP contribution in [0.4, 0.5) is 5.82 Å². The van der Waals surface area contributed by atoms with Crippen molar-refractivity contribution in [2.45, 2.75) is 6.54 Å². The molecule has 1 amide bonds. The number of benzene rings is 1. The van der Waals surface area contributed by atoms with Gasteiger partial charge in [-0.15, -0.1) is 10.2 Å². The van der Waals surface area contributed by atoms with E-state index in [2.05, 4.69) is 20.8 Å². The smallest absolute Gasteiger partial charge is 0.272 e. The average Bonchev–Trinajstić information content (AvgIpc) is 2.46. The fraction of sp³-hybridized carbons (Fsp3) is 0.154. The molecule has 1 aromatic carbocycles. The summed E-state index contributed by atoms with van der Waals surface area (Å²) < 4.78 is 0. The highest BCUT2D eigenvalue weighted by atomic mass is 16.1. The predicted octanol–water partition coefficient (Wildman–Crippen LogP) is 1.45. The van der Waals surface area contributed by atoms with E-state index in [9.17, 15) is 4.79 Å². The van der Waals surface area contributed by atoms with Gasteiger partial charge in [0.15, 0.2) is 5.69 Å². The summed E-state index contributed by atoms with van der Waals surface area (Å²) in [6.45, 7) is 0.481. The molecule has 5 heteroatoms. The first kappa shape index (κ1) is 12.0. The Morgan fingerprint density at radius 3 is 2.50 bits per heavy atom. The normalized spacial score (nSPS) is 9.83. The quantitative estimate of drug-likeness (QED) is 0.851. The highest BCUT2D eigenvalue weighted by Gasteiger charge is 2.07. The molecule has 18 heavy (non-hydrogen) atoms. The van der Waals surface area contributed by atoms with Crippen molar-refractivity contribution in [2.24, 2.45) is 0 Å². The van der Waals surface area contributed by atoms with E-state index in [1.807, 2.05) is 30.3 Å². The van der Waals surface area contributed by atoms with Gasteiger partial charge in [0.2, 0.25) is 0 Å². The molecule has 0 aliphatic heterocycles. The summed E-state index contributed by atoms with van der Waals surface area (Å²) in [7, 11) is 1.75. The number of aromatic nitrogens is 2. The maximum atomic E-state index is 11.8. The van der Waals surface area contributed by atoms with Crippen molar-refractivity contribution in [3.63, 3.8) is 0 Å². The molecule has 2 rings (SSSR count). The third kappa shape index (κ3) is 3.04. The molecule has 5 nitrogen and oxygen atoms in total. The van der Waals surface area contributed by atoms with Crippen LogP contribution in [-0.2, 0) is 6.54 Å². The molecular weight excluding hydrogens is 228 g/mol. The summed E-state index contributed by atoms with van der Waals surface area (Å²) in [5, 5.41) is 13.3. The summed E-state index contributed by atoms with van der Waals surface area (Å²) >= 11 is 0. The van der Waals surface area contributed by atoms with E-state index >= 15 is 0 Å². The van der Waals surface area contributed by atoms with Gasteiger partial charge in [0, 0.05) is 13.6 Å². The molecule has 0 bridgehead atoms. The molecule has 1 heterocycles. The maximum absolute atomic E-state index is 11.8. The fourth-order valence-corrected chi connectivity index (χ4v) is 1.46. The first-order valence-corrected chi connectivity index (χ1v) is 5.63. The van der Waals surface area contributed by atoms with Gasteiger partial charge in [0.1, 0.15) is 5.82 Å². The number of rotatable bonds is 4. The van der Waals surface area contributed by atoms with Crippen molar-refractivity contribution in [3.8, 4) is 0 Å². The Hall–Kier alpha value is -2.43. The van der Waals surface area contributed by atoms with Crippen LogP contribution in [-0.4, -0.2) is 23.2 Å². The van der Waals surface area contributed by atoms with Crippen molar-refractivity contribution in [1.82, 2.24) is 15.5 Å². The Bertz CT molecular complexity index is 510. The standard InChI is InChI=1S/C13H14N4O/c1-14-12-8-7-11(16-17-12)13(18)15-9-10-5-3-2-4-6-10/h2-8H,9H2,1H3,(H,14,17)(H,15,18). The zero-order valence-corrected chi connectivity index (χ0v) is 10.1. The van der Waals surface area contributed by atoms with Crippen LogP contribution in [0.2, 0.25) is 0 Å². The van der Waals surface area contributed by atoms with E-state index < -0.39 is 0 Å². The number of carbonyl (C=O) groups is 1. The zero-order chi connectivity index (χ0) is 12.8. The van der Waals surface area contributed by atoms with Crippen LogP contribution in [0.5, 0.6) is 0 Å². The van der Waals surface area contributed by atoms with Gasteiger partial charge in [-0.25, -0.2) is 0 Å². The Morgan fingerprint density at radius 2 is 1.89 bits per heavy atom. The summed E-state index contributed by atoms with van der Waals surface area (Å²) in [6.07, 6.45) is 0. The number of amides is 1. The van der Waals surface area contributed by atoms with Crippen LogP contribution < -0.4 is 10.6 Å². The lowest BCUT2D eigenvalue weighted by Gasteiger charge is -2.04. The van der Waals surface area contributed by atoms with E-state index in [1.54, 1.807) is 19.2 Å². The summed E-state index contributed by atoms with van der Waals surface area (Å²) in [6, 6.07) is 13.1. The number of anilines is 1. The SMILES string of the molecule is CNc1ccc(C(=O)NCc2ccccc2)nn1. The number of nitrogens with zero attached hydrogens (tertiary/aromatic N) is 2. The topological polar surface area (TPSA) is 66.9 Å². The lowest BCUT2D eigenvalue weighted by Crippen LogP contribution is -2.24. The Morgan fingerprint density at radius 1 is 1.11 bits per heavy atom. The third-order valence-electron chi connectivity index (χ3n) is 2.45. The molecule has 0 saturated heterocycles.